The first-order valence-corrected chi connectivity index (χ1v) is 11.2. The van der Waals surface area contributed by atoms with Crippen LogP contribution in [-0.4, -0.2) is 13.4 Å². The number of rotatable bonds is 5. The third-order valence-corrected chi connectivity index (χ3v) is 7.19. The molecule has 1 saturated carbocycles. The van der Waals surface area contributed by atoms with E-state index >= 15 is 0 Å². The first kappa shape index (κ1) is 18.5. The van der Waals surface area contributed by atoms with Crippen molar-refractivity contribution in [3.63, 3.8) is 0 Å². The van der Waals surface area contributed by atoms with E-state index in [0.29, 0.717) is 10.9 Å². The van der Waals surface area contributed by atoms with Crippen LogP contribution in [0.15, 0.2) is 59.6 Å². The van der Waals surface area contributed by atoms with Crippen LogP contribution in [0.1, 0.15) is 43.7 Å². The Morgan fingerprint density at radius 2 is 1.70 bits per heavy atom. The summed E-state index contributed by atoms with van der Waals surface area (Å²) in [6.07, 6.45) is 7.54. The van der Waals surface area contributed by atoms with Gasteiger partial charge in [-0.25, -0.2) is 13.1 Å². The highest BCUT2D eigenvalue weighted by Crippen LogP contribution is 2.38. The van der Waals surface area contributed by atoms with Crippen molar-refractivity contribution < 1.29 is 8.42 Å². The number of sulfonamides is 1. The van der Waals surface area contributed by atoms with Gasteiger partial charge in [-0.2, -0.15) is 0 Å². The van der Waals surface area contributed by atoms with Crippen LogP contribution in [0.5, 0.6) is 0 Å². The smallest absolute Gasteiger partial charge is 0.241 e. The quantitative estimate of drug-likeness (QED) is 0.598. The maximum Gasteiger partial charge on any atom is 0.241 e. The van der Waals surface area contributed by atoms with Crippen molar-refractivity contribution in [1.82, 2.24) is 9.71 Å². The highest BCUT2D eigenvalue weighted by Gasteiger charge is 2.31. The van der Waals surface area contributed by atoms with Gasteiger partial charge in [0.2, 0.25) is 10.0 Å². The molecule has 4 nitrogen and oxygen atoms in total. The third-order valence-electron chi connectivity index (χ3n) is 5.48. The molecule has 0 amide bonds. The van der Waals surface area contributed by atoms with Gasteiger partial charge >= 0.3 is 0 Å². The van der Waals surface area contributed by atoms with Crippen molar-refractivity contribution >= 4 is 32.5 Å². The zero-order valence-electron chi connectivity index (χ0n) is 15.0. The molecule has 142 valence electrons. The maximum absolute atomic E-state index is 13.1. The Labute approximate surface area is 165 Å². The minimum atomic E-state index is -3.64. The average Bonchev–Trinajstić information content (AvgIpc) is 3.11. The second-order valence-electron chi connectivity index (χ2n) is 7.24. The molecule has 0 spiro atoms. The number of nitrogens with one attached hydrogen (secondary N) is 2. The summed E-state index contributed by atoms with van der Waals surface area (Å²) in [6, 6.07) is 14.1. The van der Waals surface area contributed by atoms with Crippen molar-refractivity contribution in [2.75, 3.05) is 0 Å². The lowest BCUT2D eigenvalue weighted by atomic mass is 9.81. The summed E-state index contributed by atoms with van der Waals surface area (Å²) < 4.78 is 29.1. The van der Waals surface area contributed by atoms with E-state index in [1.54, 1.807) is 24.3 Å². The Morgan fingerprint density at radius 3 is 2.44 bits per heavy atom. The summed E-state index contributed by atoms with van der Waals surface area (Å²) >= 11 is 5.92. The molecular formula is C21H23ClN2O2S. The van der Waals surface area contributed by atoms with Gasteiger partial charge < -0.3 is 4.98 Å². The van der Waals surface area contributed by atoms with Crippen LogP contribution >= 0.6 is 11.6 Å². The fourth-order valence-corrected chi connectivity index (χ4v) is 5.49. The normalized spacial score (nSPS) is 17.2. The third kappa shape index (κ3) is 3.91. The fourth-order valence-electron chi connectivity index (χ4n) is 4.08. The summed E-state index contributed by atoms with van der Waals surface area (Å²) in [5.41, 5.74) is 2.05. The molecule has 0 aliphatic heterocycles. The van der Waals surface area contributed by atoms with Gasteiger partial charge in [-0.1, -0.05) is 49.1 Å². The van der Waals surface area contributed by atoms with E-state index in [1.807, 2.05) is 30.5 Å². The van der Waals surface area contributed by atoms with E-state index in [-0.39, 0.29) is 10.9 Å². The molecule has 1 atom stereocenters. The molecule has 2 aromatic carbocycles. The number of para-hydroxylation sites is 1. The Kier molecular flexibility index (Phi) is 5.26. The monoisotopic (exact) mass is 402 g/mol. The first-order valence-electron chi connectivity index (χ1n) is 9.38. The van der Waals surface area contributed by atoms with Crippen LogP contribution < -0.4 is 4.72 Å². The second kappa shape index (κ2) is 7.66. The highest BCUT2D eigenvalue weighted by atomic mass is 35.5. The number of halogens is 1. The van der Waals surface area contributed by atoms with Crippen molar-refractivity contribution in [2.45, 2.75) is 43.0 Å². The largest absolute Gasteiger partial charge is 0.361 e. The zero-order chi connectivity index (χ0) is 18.9. The number of hydrogen-bond donors (Lipinski definition) is 2. The van der Waals surface area contributed by atoms with E-state index in [2.05, 4.69) is 9.71 Å². The Balaban J connectivity index is 1.73. The Hall–Kier alpha value is -1.82. The molecule has 0 bridgehead atoms. The van der Waals surface area contributed by atoms with Gasteiger partial charge in [0.25, 0.3) is 0 Å². The minimum absolute atomic E-state index is 0.243. The lowest BCUT2D eigenvalue weighted by molar-refractivity contribution is 0.295. The van der Waals surface area contributed by atoms with Crippen molar-refractivity contribution in [3.8, 4) is 0 Å². The number of hydrogen-bond acceptors (Lipinski definition) is 2. The predicted octanol–water partition coefficient (Wildman–Crippen LogP) is 5.42. The van der Waals surface area contributed by atoms with E-state index in [9.17, 15) is 8.42 Å². The minimum Gasteiger partial charge on any atom is -0.361 e. The SMILES string of the molecule is O=S(=O)(NC(c1c[nH]c2ccccc12)C1CCCCC1)c1ccc(Cl)cc1. The number of aromatic nitrogens is 1. The topological polar surface area (TPSA) is 62.0 Å². The Morgan fingerprint density at radius 1 is 1.00 bits per heavy atom. The number of benzene rings is 2. The summed E-state index contributed by atoms with van der Waals surface area (Å²) in [5.74, 6) is 0.292. The average molecular weight is 403 g/mol. The van der Waals surface area contributed by atoms with Gasteiger partial charge in [0.05, 0.1) is 10.9 Å². The molecule has 0 saturated heterocycles. The second-order valence-corrected chi connectivity index (χ2v) is 9.39. The van der Waals surface area contributed by atoms with Gasteiger partial charge in [-0.3, -0.25) is 0 Å². The molecule has 1 fully saturated rings. The molecule has 1 aliphatic carbocycles. The zero-order valence-corrected chi connectivity index (χ0v) is 16.6. The molecule has 1 unspecified atom stereocenters. The van der Waals surface area contributed by atoms with Gasteiger partial charge in [-0.05, 0) is 54.7 Å². The molecule has 27 heavy (non-hydrogen) atoms. The number of fused-ring (bicyclic) bond motifs is 1. The van der Waals surface area contributed by atoms with Gasteiger partial charge in [0.1, 0.15) is 0 Å². The van der Waals surface area contributed by atoms with E-state index in [0.717, 1.165) is 42.1 Å². The van der Waals surface area contributed by atoms with Crippen LogP contribution in [-0.2, 0) is 10.0 Å². The molecule has 6 heteroatoms. The number of aromatic amines is 1. The van der Waals surface area contributed by atoms with Crippen LogP contribution in [0.2, 0.25) is 5.02 Å². The molecular weight excluding hydrogens is 380 g/mol. The molecule has 2 N–H and O–H groups in total. The predicted molar refractivity (Wildman–Crippen MR) is 109 cm³/mol. The van der Waals surface area contributed by atoms with Crippen LogP contribution in [0.25, 0.3) is 10.9 Å². The molecule has 3 aromatic rings. The summed E-state index contributed by atoms with van der Waals surface area (Å²) in [5, 5.41) is 1.60. The first-order chi connectivity index (χ1) is 13.0. The summed E-state index contributed by atoms with van der Waals surface area (Å²) in [4.78, 5) is 3.53. The van der Waals surface area contributed by atoms with Crippen molar-refractivity contribution in [2.24, 2.45) is 5.92 Å². The molecule has 1 heterocycles. The van der Waals surface area contributed by atoms with E-state index in [1.165, 1.54) is 6.42 Å². The molecule has 1 aliphatic rings. The van der Waals surface area contributed by atoms with Crippen molar-refractivity contribution in [3.05, 3.63) is 65.3 Å². The van der Waals surface area contributed by atoms with Gasteiger partial charge in [0, 0.05) is 22.1 Å². The molecule has 0 radical (unpaired) electrons. The standard InChI is InChI=1S/C21H23ClN2O2S/c22-16-10-12-17(13-11-16)27(25,26)24-21(15-6-2-1-3-7-15)19-14-23-20-9-5-4-8-18(19)20/h4-5,8-15,21,23-24H,1-3,6-7H2. The van der Waals surface area contributed by atoms with Crippen LogP contribution in [0.3, 0.4) is 0 Å². The number of H-pyrrole nitrogens is 1. The van der Waals surface area contributed by atoms with E-state index < -0.39 is 10.0 Å². The maximum atomic E-state index is 13.1. The van der Waals surface area contributed by atoms with Gasteiger partial charge in [-0.15, -0.1) is 0 Å². The Bertz CT molecular complexity index is 1020. The van der Waals surface area contributed by atoms with Gasteiger partial charge in [0.15, 0.2) is 0 Å². The fraction of sp³-hybridized carbons (Fsp3) is 0.333. The lowest BCUT2D eigenvalue weighted by Gasteiger charge is -2.31. The van der Waals surface area contributed by atoms with E-state index in [4.69, 9.17) is 11.6 Å². The summed E-state index contributed by atoms with van der Waals surface area (Å²) in [6.45, 7) is 0. The van der Waals surface area contributed by atoms with Crippen LogP contribution in [0, 0.1) is 5.92 Å². The lowest BCUT2D eigenvalue weighted by Crippen LogP contribution is -2.34. The van der Waals surface area contributed by atoms with Crippen molar-refractivity contribution in [1.29, 1.82) is 0 Å². The molecule has 4 rings (SSSR count). The highest BCUT2D eigenvalue weighted by molar-refractivity contribution is 7.89. The molecule has 1 aromatic heterocycles. The van der Waals surface area contributed by atoms with Crippen LogP contribution in [0.4, 0.5) is 0 Å². The summed E-state index contributed by atoms with van der Waals surface area (Å²) in [7, 11) is -3.64.